The van der Waals surface area contributed by atoms with E-state index in [-0.39, 0.29) is 23.5 Å². The highest BCUT2D eigenvalue weighted by Crippen LogP contribution is 2.21. The number of hydrogen-bond acceptors (Lipinski definition) is 7. The predicted molar refractivity (Wildman–Crippen MR) is 99.6 cm³/mol. The minimum absolute atomic E-state index is 0.0225. The molecule has 0 aromatic heterocycles. The number of nitrogens with one attached hydrogen (secondary N) is 1. The molecule has 28 heavy (non-hydrogen) atoms. The molecule has 0 aliphatic carbocycles. The fraction of sp³-hybridized carbons (Fsp3) is 0.263. The maximum Gasteiger partial charge on any atom is 0.347 e. The van der Waals surface area contributed by atoms with Crippen LogP contribution in [0.25, 0.3) is 0 Å². The van der Waals surface area contributed by atoms with Crippen LogP contribution in [0.2, 0.25) is 0 Å². The lowest BCUT2D eigenvalue weighted by Crippen LogP contribution is -2.23. The first-order chi connectivity index (χ1) is 13.4. The number of sulfonamides is 1. The molecule has 1 heterocycles. The second-order valence-corrected chi connectivity index (χ2v) is 7.62. The molecule has 0 amide bonds. The zero-order valence-corrected chi connectivity index (χ0v) is 15.9. The standard InChI is InChI=1S/C19H19NO7S/c1-2-25-15-8-6-14(7-9-15)20-28(23,24)16-5-3-4-13(12-16)18(21)27-17-10-11-26-19(17)22/h3-9,12,17,20H,2,10-11H2,1H3/t17-/m0/s1. The van der Waals surface area contributed by atoms with Gasteiger partial charge in [-0.3, -0.25) is 4.72 Å². The van der Waals surface area contributed by atoms with Gasteiger partial charge < -0.3 is 14.2 Å². The normalized spacial score (nSPS) is 16.3. The third kappa shape index (κ3) is 4.61. The van der Waals surface area contributed by atoms with Crippen molar-refractivity contribution in [2.24, 2.45) is 0 Å². The Kier molecular flexibility index (Phi) is 5.84. The van der Waals surface area contributed by atoms with Crippen molar-refractivity contribution >= 4 is 27.6 Å². The van der Waals surface area contributed by atoms with Crippen LogP contribution in [0.4, 0.5) is 5.69 Å². The van der Waals surface area contributed by atoms with Gasteiger partial charge in [-0.1, -0.05) is 6.07 Å². The molecule has 3 rings (SSSR count). The number of benzene rings is 2. The van der Waals surface area contributed by atoms with E-state index in [1.54, 1.807) is 24.3 Å². The quantitative estimate of drug-likeness (QED) is 0.705. The number of carbonyl (C=O) groups excluding carboxylic acids is 2. The van der Waals surface area contributed by atoms with E-state index in [9.17, 15) is 18.0 Å². The SMILES string of the molecule is CCOc1ccc(NS(=O)(=O)c2cccc(C(=O)O[C@H]3CCOC3=O)c2)cc1. The Bertz CT molecular complexity index is 970. The molecule has 1 saturated heterocycles. The topological polar surface area (TPSA) is 108 Å². The number of ether oxygens (including phenoxy) is 3. The summed E-state index contributed by atoms with van der Waals surface area (Å²) in [5, 5.41) is 0. The largest absolute Gasteiger partial charge is 0.494 e. The molecular formula is C19H19NO7S. The van der Waals surface area contributed by atoms with Crippen molar-refractivity contribution in [2.75, 3.05) is 17.9 Å². The summed E-state index contributed by atoms with van der Waals surface area (Å²) < 4.78 is 42.8. The van der Waals surface area contributed by atoms with E-state index in [0.29, 0.717) is 18.0 Å². The molecule has 1 fully saturated rings. The van der Waals surface area contributed by atoms with Crippen molar-refractivity contribution in [1.82, 2.24) is 0 Å². The van der Waals surface area contributed by atoms with Crippen LogP contribution in [0, 0.1) is 0 Å². The first-order valence-corrected chi connectivity index (χ1v) is 10.1. The second kappa shape index (κ2) is 8.30. The Hall–Kier alpha value is -3.07. The first kappa shape index (κ1) is 19.7. The highest BCUT2D eigenvalue weighted by Gasteiger charge is 2.30. The monoisotopic (exact) mass is 405 g/mol. The average molecular weight is 405 g/mol. The van der Waals surface area contributed by atoms with Crippen LogP contribution < -0.4 is 9.46 Å². The van der Waals surface area contributed by atoms with Gasteiger partial charge in [0.05, 0.1) is 23.7 Å². The van der Waals surface area contributed by atoms with Crippen molar-refractivity contribution in [3.63, 3.8) is 0 Å². The van der Waals surface area contributed by atoms with Gasteiger partial charge in [0.1, 0.15) is 5.75 Å². The molecular weight excluding hydrogens is 386 g/mol. The second-order valence-electron chi connectivity index (χ2n) is 5.94. The fourth-order valence-corrected chi connectivity index (χ4v) is 3.68. The molecule has 1 aliphatic rings. The molecule has 148 valence electrons. The summed E-state index contributed by atoms with van der Waals surface area (Å²) in [5.74, 6) is -0.767. The van der Waals surface area contributed by atoms with Gasteiger partial charge in [-0.25, -0.2) is 18.0 Å². The smallest absolute Gasteiger partial charge is 0.347 e. The van der Waals surface area contributed by atoms with Gasteiger partial charge in [0.15, 0.2) is 0 Å². The Balaban J connectivity index is 1.74. The Morgan fingerprint density at radius 2 is 1.96 bits per heavy atom. The van der Waals surface area contributed by atoms with Crippen molar-refractivity contribution in [3.05, 3.63) is 54.1 Å². The third-order valence-corrected chi connectivity index (χ3v) is 5.31. The van der Waals surface area contributed by atoms with E-state index in [1.165, 1.54) is 24.3 Å². The van der Waals surface area contributed by atoms with Gasteiger partial charge in [0, 0.05) is 12.1 Å². The Morgan fingerprint density at radius 1 is 1.21 bits per heavy atom. The minimum Gasteiger partial charge on any atom is -0.494 e. The van der Waals surface area contributed by atoms with Crippen LogP contribution in [0.15, 0.2) is 53.4 Å². The van der Waals surface area contributed by atoms with Gasteiger partial charge in [0.25, 0.3) is 10.0 Å². The van der Waals surface area contributed by atoms with E-state index in [0.717, 1.165) is 0 Å². The molecule has 0 unspecified atom stereocenters. The summed E-state index contributed by atoms with van der Waals surface area (Å²) in [6.45, 7) is 2.55. The lowest BCUT2D eigenvalue weighted by Gasteiger charge is -2.11. The number of hydrogen-bond donors (Lipinski definition) is 1. The van der Waals surface area contributed by atoms with E-state index >= 15 is 0 Å². The van der Waals surface area contributed by atoms with Gasteiger partial charge >= 0.3 is 11.9 Å². The highest BCUT2D eigenvalue weighted by molar-refractivity contribution is 7.92. The summed E-state index contributed by atoms with van der Waals surface area (Å²) in [6, 6.07) is 11.8. The Labute approximate surface area is 162 Å². The number of cyclic esters (lactones) is 1. The molecule has 0 spiro atoms. The zero-order valence-electron chi connectivity index (χ0n) is 15.1. The molecule has 0 bridgehead atoms. The molecule has 1 atom stereocenters. The van der Waals surface area contributed by atoms with Crippen LogP contribution in [-0.2, 0) is 24.3 Å². The van der Waals surface area contributed by atoms with Crippen molar-refractivity contribution in [1.29, 1.82) is 0 Å². The molecule has 9 heteroatoms. The van der Waals surface area contributed by atoms with E-state index < -0.39 is 28.1 Å². The van der Waals surface area contributed by atoms with Crippen molar-refractivity contribution < 1.29 is 32.2 Å². The maximum atomic E-state index is 12.6. The molecule has 8 nitrogen and oxygen atoms in total. The number of rotatable bonds is 7. The van der Waals surface area contributed by atoms with E-state index in [2.05, 4.69) is 4.72 Å². The summed E-state index contributed by atoms with van der Waals surface area (Å²) >= 11 is 0. The maximum absolute atomic E-state index is 12.6. The highest BCUT2D eigenvalue weighted by atomic mass is 32.2. The average Bonchev–Trinajstić information content (AvgIpc) is 3.08. The predicted octanol–water partition coefficient (Wildman–Crippen LogP) is 2.36. The van der Waals surface area contributed by atoms with E-state index in [4.69, 9.17) is 14.2 Å². The molecule has 2 aromatic rings. The number of carbonyl (C=O) groups is 2. The number of anilines is 1. The van der Waals surface area contributed by atoms with Crippen LogP contribution in [0.3, 0.4) is 0 Å². The summed E-state index contributed by atoms with van der Waals surface area (Å²) in [5.41, 5.74) is 0.374. The summed E-state index contributed by atoms with van der Waals surface area (Å²) in [6.07, 6.45) is -0.684. The first-order valence-electron chi connectivity index (χ1n) is 8.62. The third-order valence-electron chi connectivity index (χ3n) is 3.93. The van der Waals surface area contributed by atoms with Crippen LogP contribution >= 0.6 is 0 Å². The molecule has 2 aromatic carbocycles. The summed E-state index contributed by atoms with van der Waals surface area (Å²) in [4.78, 5) is 23.5. The lowest BCUT2D eigenvalue weighted by atomic mass is 10.2. The zero-order chi connectivity index (χ0) is 20.1. The van der Waals surface area contributed by atoms with E-state index in [1.807, 2.05) is 6.92 Å². The van der Waals surface area contributed by atoms with Crippen LogP contribution in [0.1, 0.15) is 23.7 Å². The molecule has 1 aliphatic heterocycles. The van der Waals surface area contributed by atoms with Crippen LogP contribution in [-0.4, -0.2) is 39.7 Å². The van der Waals surface area contributed by atoms with Gasteiger partial charge in [0.2, 0.25) is 6.10 Å². The van der Waals surface area contributed by atoms with Gasteiger partial charge in [-0.05, 0) is 49.4 Å². The van der Waals surface area contributed by atoms with Gasteiger partial charge in [-0.15, -0.1) is 0 Å². The number of esters is 2. The van der Waals surface area contributed by atoms with Crippen molar-refractivity contribution in [2.45, 2.75) is 24.3 Å². The summed E-state index contributed by atoms with van der Waals surface area (Å²) in [7, 11) is -3.92. The van der Waals surface area contributed by atoms with Crippen LogP contribution in [0.5, 0.6) is 5.75 Å². The minimum atomic E-state index is -3.92. The fourth-order valence-electron chi connectivity index (χ4n) is 2.57. The molecule has 0 saturated carbocycles. The Morgan fingerprint density at radius 3 is 2.61 bits per heavy atom. The van der Waals surface area contributed by atoms with Gasteiger partial charge in [-0.2, -0.15) is 0 Å². The lowest BCUT2D eigenvalue weighted by molar-refractivity contribution is -0.145. The molecule has 1 N–H and O–H groups in total. The van der Waals surface area contributed by atoms with Crippen molar-refractivity contribution in [3.8, 4) is 5.75 Å². The molecule has 0 radical (unpaired) electrons.